The summed E-state index contributed by atoms with van der Waals surface area (Å²) in [4.78, 5) is 28.8. The number of hydrogen-bond acceptors (Lipinski definition) is 5. The van der Waals surface area contributed by atoms with Crippen molar-refractivity contribution in [2.24, 2.45) is 7.05 Å². The number of anilines is 1. The van der Waals surface area contributed by atoms with Gasteiger partial charge in [-0.2, -0.15) is 0 Å². The van der Waals surface area contributed by atoms with Crippen LogP contribution in [0.25, 0.3) is 11.1 Å². The highest BCUT2D eigenvalue weighted by Crippen LogP contribution is 2.18. The molecule has 0 aliphatic carbocycles. The summed E-state index contributed by atoms with van der Waals surface area (Å²) in [5, 5.41) is 2.90. The topological polar surface area (TPSA) is 70.7 Å². The smallest absolute Gasteiger partial charge is 0.408 e. The molecule has 0 unspecified atom stereocenters. The molecule has 1 fully saturated rings. The highest BCUT2D eigenvalue weighted by atomic mass is 16.4. The maximum absolute atomic E-state index is 12.3. The number of aryl methyl sites for hydroxylation is 1. The monoisotopic (exact) mass is 408 g/mol. The van der Waals surface area contributed by atoms with Gasteiger partial charge in [-0.1, -0.05) is 30.3 Å². The van der Waals surface area contributed by atoms with E-state index in [-0.39, 0.29) is 5.91 Å². The van der Waals surface area contributed by atoms with E-state index in [1.807, 2.05) is 0 Å². The highest BCUT2D eigenvalue weighted by Gasteiger charge is 2.17. The maximum Gasteiger partial charge on any atom is 0.419 e. The van der Waals surface area contributed by atoms with E-state index in [4.69, 9.17) is 4.42 Å². The molecule has 0 saturated carbocycles. The number of amides is 1. The molecule has 0 atom stereocenters. The van der Waals surface area contributed by atoms with Crippen molar-refractivity contribution in [3.63, 3.8) is 0 Å². The largest absolute Gasteiger partial charge is 0.419 e. The zero-order chi connectivity index (χ0) is 20.9. The van der Waals surface area contributed by atoms with Crippen LogP contribution in [0.5, 0.6) is 0 Å². The molecule has 1 aliphatic heterocycles. The summed E-state index contributed by atoms with van der Waals surface area (Å²) in [6.45, 7) is 6.13. The van der Waals surface area contributed by atoms with Crippen LogP contribution in [0.4, 0.5) is 5.69 Å². The third-order valence-electron chi connectivity index (χ3n) is 5.67. The number of nitrogens with one attached hydrogen (secondary N) is 1. The zero-order valence-corrected chi connectivity index (χ0v) is 17.3. The second-order valence-electron chi connectivity index (χ2n) is 7.86. The van der Waals surface area contributed by atoms with Crippen LogP contribution in [0.2, 0.25) is 0 Å². The minimum atomic E-state index is -0.405. The minimum Gasteiger partial charge on any atom is -0.408 e. The Kier molecular flexibility index (Phi) is 6.30. The van der Waals surface area contributed by atoms with Gasteiger partial charge in [0.1, 0.15) is 0 Å². The van der Waals surface area contributed by atoms with Gasteiger partial charge in [-0.25, -0.2) is 4.79 Å². The molecule has 0 bridgehead atoms. The van der Waals surface area contributed by atoms with Gasteiger partial charge in [-0.15, -0.1) is 0 Å². The summed E-state index contributed by atoms with van der Waals surface area (Å²) >= 11 is 0. The number of oxazole rings is 1. The summed E-state index contributed by atoms with van der Waals surface area (Å²) in [6, 6.07) is 15.8. The van der Waals surface area contributed by atoms with Gasteiger partial charge in [-0.3, -0.25) is 14.3 Å². The van der Waals surface area contributed by atoms with Crippen LogP contribution in [0.1, 0.15) is 18.4 Å². The Morgan fingerprint density at radius 2 is 1.77 bits per heavy atom. The van der Waals surface area contributed by atoms with Gasteiger partial charge in [-0.05, 0) is 30.7 Å². The summed E-state index contributed by atoms with van der Waals surface area (Å²) in [5.41, 5.74) is 3.20. The lowest BCUT2D eigenvalue weighted by molar-refractivity contribution is -0.116. The number of hydrogen-bond donors (Lipinski definition) is 1. The summed E-state index contributed by atoms with van der Waals surface area (Å²) in [6.07, 6.45) is 1.30. The Morgan fingerprint density at radius 3 is 2.53 bits per heavy atom. The summed E-state index contributed by atoms with van der Waals surface area (Å²) in [7, 11) is 1.66. The van der Waals surface area contributed by atoms with Crippen LogP contribution in [-0.2, 0) is 18.4 Å². The van der Waals surface area contributed by atoms with Gasteiger partial charge >= 0.3 is 5.76 Å². The molecule has 2 aromatic carbocycles. The first-order valence-corrected chi connectivity index (χ1v) is 10.5. The maximum atomic E-state index is 12.3. The summed E-state index contributed by atoms with van der Waals surface area (Å²) in [5.74, 6) is -0.423. The number of carbonyl (C=O) groups excluding carboxylic acids is 1. The SMILES string of the molecule is Cn1c(=O)oc2cc(NC(=O)CCCN3CCN(Cc4ccccc4)CC3)ccc21. The van der Waals surface area contributed by atoms with Crippen LogP contribution in [0, 0.1) is 0 Å². The Hall–Kier alpha value is -2.90. The second kappa shape index (κ2) is 9.28. The molecule has 4 rings (SSSR count). The molecule has 30 heavy (non-hydrogen) atoms. The molecule has 2 heterocycles. The lowest BCUT2D eigenvalue weighted by Gasteiger charge is -2.34. The first-order chi connectivity index (χ1) is 14.6. The molecule has 7 heteroatoms. The van der Waals surface area contributed by atoms with Crippen LogP contribution in [-0.4, -0.2) is 53.0 Å². The predicted molar refractivity (Wildman–Crippen MR) is 117 cm³/mol. The molecule has 1 N–H and O–H groups in total. The lowest BCUT2D eigenvalue weighted by Crippen LogP contribution is -2.46. The van der Waals surface area contributed by atoms with Gasteiger partial charge in [0.25, 0.3) is 0 Å². The number of rotatable bonds is 7. The van der Waals surface area contributed by atoms with E-state index in [0.29, 0.717) is 23.2 Å². The second-order valence-corrected chi connectivity index (χ2v) is 7.86. The van der Waals surface area contributed by atoms with E-state index in [2.05, 4.69) is 45.4 Å². The first kappa shape index (κ1) is 20.4. The van der Waals surface area contributed by atoms with E-state index in [9.17, 15) is 9.59 Å². The molecule has 7 nitrogen and oxygen atoms in total. The van der Waals surface area contributed by atoms with Crippen molar-refractivity contribution in [2.75, 3.05) is 38.0 Å². The van der Waals surface area contributed by atoms with Crippen molar-refractivity contribution in [1.82, 2.24) is 14.4 Å². The lowest BCUT2D eigenvalue weighted by atomic mass is 10.2. The number of benzene rings is 2. The molecular formula is C23H28N4O3. The molecular weight excluding hydrogens is 380 g/mol. The van der Waals surface area contributed by atoms with Crippen LogP contribution in [0.15, 0.2) is 57.7 Å². The molecule has 1 aromatic heterocycles. The van der Waals surface area contributed by atoms with E-state index in [1.165, 1.54) is 10.1 Å². The fourth-order valence-electron chi connectivity index (χ4n) is 3.91. The number of aromatic nitrogens is 1. The van der Waals surface area contributed by atoms with Crippen LogP contribution in [0.3, 0.4) is 0 Å². The van der Waals surface area contributed by atoms with Crippen molar-refractivity contribution >= 4 is 22.7 Å². The number of piperazine rings is 1. The zero-order valence-electron chi connectivity index (χ0n) is 17.3. The Balaban J connectivity index is 1.18. The Bertz CT molecular complexity index is 1050. The third-order valence-corrected chi connectivity index (χ3v) is 5.67. The molecule has 1 amide bonds. The normalized spacial score (nSPS) is 15.5. The van der Waals surface area contributed by atoms with E-state index in [0.717, 1.165) is 45.7 Å². The van der Waals surface area contributed by atoms with Crippen molar-refractivity contribution in [3.8, 4) is 0 Å². The highest BCUT2D eigenvalue weighted by molar-refractivity contribution is 5.92. The molecule has 0 spiro atoms. The molecule has 158 valence electrons. The molecule has 1 saturated heterocycles. The van der Waals surface area contributed by atoms with E-state index in [1.54, 1.807) is 25.2 Å². The Morgan fingerprint density at radius 1 is 1.03 bits per heavy atom. The van der Waals surface area contributed by atoms with E-state index < -0.39 is 5.76 Å². The van der Waals surface area contributed by atoms with Crippen molar-refractivity contribution < 1.29 is 9.21 Å². The third kappa shape index (κ3) is 4.98. The quantitative estimate of drug-likeness (QED) is 0.651. The molecule has 1 aliphatic rings. The van der Waals surface area contributed by atoms with Gasteiger partial charge < -0.3 is 14.6 Å². The predicted octanol–water partition coefficient (Wildman–Crippen LogP) is 2.67. The number of carbonyl (C=O) groups is 1. The van der Waals surface area contributed by atoms with Gasteiger partial charge in [0.05, 0.1) is 5.52 Å². The van der Waals surface area contributed by atoms with E-state index >= 15 is 0 Å². The van der Waals surface area contributed by atoms with Crippen molar-refractivity contribution in [3.05, 3.63) is 64.6 Å². The van der Waals surface area contributed by atoms with Gasteiger partial charge in [0.15, 0.2) is 5.58 Å². The van der Waals surface area contributed by atoms with Crippen LogP contribution >= 0.6 is 0 Å². The standard InChI is InChI=1S/C23H28N4O3/c1-25-20-10-9-19(16-21(20)30-23(25)29)24-22(28)8-5-11-26-12-14-27(15-13-26)17-18-6-3-2-4-7-18/h2-4,6-7,9-10,16H,5,8,11-15,17H2,1H3,(H,24,28). The van der Waals surface area contributed by atoms with Gasteiger partial charge in [0.2, 0.25) is 5.91 Å². The van der Waals surface area contributed by atoms with Gasteiger partial charge in [0, 0.05) is 57.9 Å². The summed E-state index contributed by atoms with van der Waals surface area (Å²) < 4.78 is 6.62. The average molecular weight is 409 g/mol. The fraction of sp³-hybridized carbons (Fsp3) is 0.391. The minimum absolute atomic E-state index is 0.0182. The fourth-order valence-corrected chi connectivity index (χ4v) is 3.91. The molecule has 0 radical (unpaired) electrons. The number of fused-ring (bicyclic) bond motifs is 1. The van der Waals surface area contributed by atoms with Crippen molar-refractivity contribution in [1.29, 1.82) is 0 Å². The Labute approximate surface area is 175 Å². The van der Waals surface area contributed by atoms with Crippen LogP contribution < -0.4 is 11.1 Å². The van der Waals surface area contributed by atoms with Crippen molar-refractivity contribution in [2.45, 2.75) is 19.4 Å². The first-order valence-electron chi connectivity index (χ1n) is 10.5. The average Bonchev–Trinajstić information content (AvgIpc) is 3.03. The number of nitrogens with zero attached hydrogens (tertiary/aromatic N) is 3. The molecule has 3 aromatic rings.